The first kappa shape index (κ1) is 13.0. The molecule has 0 amide bonds. The zero-order valence-electron chi connectivity index (χ0n) is 10.4. The van der Waals surface area contributed by atoms with Gasteiger partial charge in [0.1, 0.15) is 5.82 Å². The molecule has 0 unspecified atom stereocenters. The van der Waals surface area contributed by atoms with Crippen molar-refractivity contribution in [1.82, 2.24) is 4.98 Å². The van der Waals surface area contributed by atoms with Crippen LogP contribution in [-0.4, -0.2) is 17.1 Å². The van der Waals surface area contributed by atoms with Gasteiger partial charge in [-0.15, -0.1) is 11.3 Å². The van der Waals surface area contributed by atoms with Crippen molar-refractivity contribution in [3.63, 3.8) is 0 Å². The summed E-state index contributed by atoms with van der Waals surface area (Å²) in [5.74, 6) is -0.329. The van der Waals surface area contributed by atoms with Crippen LogP contribution in [0.5, 0.6) is 0 Å². The van der Waals surface area contributed by atoms with Crippen LogP contribution in [0.1, 0.15) is 16.1 Å². The molecule has 0 saturated carbocycles. The molecule has 1 heterocycles. The van der Waals surface area contributed by atoms with Crippen molar-refractivity contribution in [2.45, 2.75) is 20.1 Å². The summed E-state index contributed by atoms with van der Waals surface area (Å²) in [4.78, 5) is 7.30. The zero-order valence-corrected chi connectivity index (χ0v) is 11.2. The average molecular weight is 266 g/mol. The van der Waals surface area contributed by atoms with Gasteiger partial charge in [-0.2, -0.15) is 0 Å². The second kappa shape index (κ2) is 5.46. The standard InChI is InChI=1S/C13H15FN2OS/c1-9-13(18-8-15-9)6-16(2)12-4-10(7-17)3-11(14)5-12/h3-5,8,17H,6-7H2,1-2H3. The number of hydrogen-bond donors (Lipinski definition) is 1. The van der Waals surface area contributed by atoms with Crippen LogP contribution < -0.4 is 4.90 Å². The van der Waals surface area contributed by atoms with Gasteiger partial charge in [0, 0.05) is 17.6 Å². The third-order valence-corrected chi connectivity index (χ3v) is 3.71. The van der Waals surface area contributed by atoms with E-state index >= 15 is 0 Å². The highest BCUT2D eigenvalue weighted by atomic mass is 32.1. The van der Waals surface area contributed by atoms with E-state index in [-0.39, 0.29) is 12.4 Å². The fraction of sp³-hybridized carbons (Fsp3) is 0.308. The highest BCUT2D eigenvalue weighted by Crippen LogP contribution is 2.22. The van der Waals surface area contributed by atoms with E-state index in [2.05, 4.69) is 4.98 Å². The lowest BCUT2D eigenvalue weighted by atomic mass is 10.2. The summed E-state index contributed by atoms with van der Waals surface area (Å²) in [6.45, 7) is 2.49. The minimum absolute atomic E-state index is 0.155. The maximum atomic E-state index is 13.4. The van der Waals surface area contributed by atoms with E-state index in [9.17, 15) is 4.39 Å². The fourth-order valence-electron chi connectivity index (χ4n) is 1.73. The van der Waals surface area contributed by atoms with Gasteiger partial charge in [0.25, 0.3) is 0 Å². The molecule has 18 heavy (non-hydrogen) atoms. The number of nitrogens with zero attached hydrogens (tertiary/aromatic N) is 2. The maximum Gasteiger partial charge on any atom is 0.125 e. The highest BCUT2D eigenvalue weighted by Gasteiger charge is 2.08. The summed E-state index contributed by atoms with van der Waals surface area (Å²) in [6.07, 6.45) is 0. The first-order valence-electron chi connectivity index (χ1n) is 5.60. The highest BCUT2D eigenvalue weighted by molar-refractivity contribution is 7.09. The van der Waals surface area contributed by atoms with Crippen molar-refractivity contribution in [1.29, 1.82) is 0 Å². The lowest BCUT2D eigenvalue weighted by Gasteiger charge is -2.19. The van der Waals surface area contributed by atoms with Crippen molar-refractivity contribution in [3.8, 4) is 0 Å². The average Bonchev–Trinajstić information content (AvgIpc) is 2.74. The predicted octanol–water partition coefficient (Wildman–Crippen LogP) is 2.72. The van der Waals surface area contributed by atoms with Crippen LogP contribution in [0.3, 0.4) is 0 Å². The molecule has 96 valence electrons. The Balaban J connectivity index is 2.20. The molecule has 0 spiro atoms. The Labute approximate surface area is 110 Å². The number of aryl methyl sites for hydroxylation is 1. The van der Waals surface area contributed by atoms with Gasteiger partial charge < -0.3 is 10.0 Å². The van der Waals surface area contributed by atoms with Crippen molar-refractivity contribution >= 4 is 17.0 Å². The van der Waals surface area contributed by atoms with E-state index in [4.69, 9.17) is 5.11 Å². The first-order valence-corrected chi connectivity index (χ1v) is 6.48. The Hall–Kier alpha value is -1.46. The number of anilines is 1. The monoisotopic (exact) mass is 266 g/mol. The molecule has 2 aromatic rings. The number of aliphatic hydroxyl groups is 1. The van der Waals surface area contributed by atoms with E-state index in [1.165, 1.54) is 12.1 Å². The van der Waals surface area contributed by atoms with Gasteiger partial charge in [0.15, 0.2) is 0 Å². The van der Waals surface area contributed by atoms with E-state index in [0.29, 0.717) is 12.1 Å². The third kappa shape index (κ3) is 2.86. The van der Waals surface area contributed by atoms with Crippen LogP contribution in [0.25, 0.3) is 0 Å². The molecule has 0 aliphatic carbocycles. The number of thiazole rings is 1. The molecular formula is C13H15FN2OS. The number of halogens is 1. The van der Waals surface area contributed by atoms with Crippen molar-refractivity contribution in [2.75, 3.05) is 11.9 Å². The number of aliphatic hydroxyl groups excluding tert-OH is 1. The van der Waals surface area contributed by atoms with Crippen molar-refractivity contribution in [3.05, 3.63) is 45.7 Å². The number of hydrogen-bond acceptors (Lipinski definition) is 4. The van der Waals surface area contributed by atoms with Crippen molar-refractivity contribution in [2.24, 2.45) is 0 Å². The Bertz CT molecular complexity index is 542. The maximum absolute atomic E-state index is 13.4. The Morgan fingerprint density at radius 1 is 1.39 bits per heavy atom. The van der Waals surface area contributed by atoms with Gasteiger partial charge in [-0.05, 0) is 30.7 Å². The molecule has 3 nitrogen and oxygen atoms in total. The molecule has 0 atom stereocenters. The largest absolute Gasteiger partial charge is 0.392 e. The van der Waals surface area contributed by atoms with Crippen LogP contribution in [0.2, 0.25) is 0 Å². The number of rotatable bonds is 4. The molecular weight excluding hydrogens is 251 g/mol. The van der Waals surface area contributed by atoms with Crippen LogP contribution >= 0.6 is 11.3 Å². The first-order chi connectivity index (χ1) is 8.60. The SMILES string of the molecule is Cc1ncsc1CN(C)c1cc(F)cc(CO)c1. The van der Waals surface area contributed by atoms with E-state index < -0.39 is 0 Å². The van der Waals surface area contributed by atoms with Crippen molar-refractivity contribution < 1.29 is 9.50 Å². The van der Waals surface area contributed by atoms with E-state index in [0.717, 1.165) is 16.3 Å². The Kier molecular flexibility index (Phi) is 3.93. The molecule has 2 rings (SSSR count). The zero-order chi connectivity index (χ0) is 13.1. The minimum atomic E-state index is -0.329. The van der Waals surface area contributed by atoms with Gasteiger partial charge in [0.2, 0.25) is 0 Å². The predicted molar refractivity (Wildman–Crippen MR) is 71.3 cm³/mol. The van der Waals surface area contributed by atoms with Crippen LogP contribution in [0.4, 0.5) is 10.1 Å². The van der Waals surface area contributed by atoms with Gasteiger partial charge >= 0.3 is 0 Å². The second-order valence-electron chi connectivity index (χ2n) is 4.19. The summed E-state index contributed by atoms with van der Waals surface area (Å²) in [6, 6.07) is 4.60. The topological polar surface area (TPSA) is 36.4 Å². The van der Waals surface area contributed by atoms with Crippen LogP contribution in [0.15, 0.2) is 23.7 Å². The van der Waals surface area contributed by atoms with E-state index in [1.807, 2.05) is 24.4 Å². The summed E-state index contributed by atoms with van der Waals surface area (Å²) in [5, 5.41) is 9.08. The summed E-state index contributed by atoms with van der Waals surface area (Å²) < 4.78 is 13.4. The van der Waals surface area contributed by atoms with Gasteiger partial charge in [0.05, 0.1) is 24.4 Å². The molecule has 1 N–H and O–H groups in total. The molecule has 0 fully saturated rings. The molecule has 1 aromatic heterocycles. The molecule has 0 radical (unpaired) electrons. The lowest BCUT2D eigenvalue weighted by Crippen LogP contribution is -2.16. The number of benzene rings is 1. The van der Waals surface area contributed by atoms with E-state index in [1.54, 1.807) is 17.4 Å². The van der Waals surface area contributed by atoms with Gasteiger partial charge in [-0.1, -0.05) is 0 Å². The Morgan fingerprint density at radius 2 is 2.17 bits per heavy atom. The summed E-state index contributed by atoms with van der Waals surface area (Å²) >= 11 is 1.59. The second-order valence-corrected chi connectivity index (χ2v) is 5.13. The molecule has 5 heteroatoms. The number of aromatic nitrogens is 1. The quantitative estimate of drug-likeness (QED) is 0.924. The molecule has 0 bridgehead atoms. The molecule has 0 aliphatic heterocycles. The van der Waals surface area contributed by atoms with Gasteiger partial charge in [-0.25, -0.2) is 9.37 Å². The smallest absolute Gasteiger partial charge is 0.125 e. The Morgan fingerprint density at radius 3 is 2.78 bits per heavy atom. The summed E-state index contributed by atoms with van der Waals surface area (Å²) in [5.41, 5.74) is 4.15. The normalized spacial score (nSPS) is 10.7. The third-order valence-electron chi connectivity index (χ3n) is 2.79. The molecule has 0 saturated heterocycles. The van der Waals surface area contributed by atoms with Crippen LogP contribution in [0, 0.1) is 12.7 Å². The fourth-order valence-corrected chi connectivity index (χ4v) is 2.56. The summed E-state index contributed by atoms with van der Waals surface area (Å²) in [7, 11) is 1.90. The molecule has 1 aromatic carbocycles. The van der Waals surface area contributed by atoms with Crippen LogP contribution in [-0.2, 0) is 13.2 Å². The molecule has 0 aliphatic rings. The lowest BCUT2D eigenvalue weighted by molar-refractivity contribution is 0.281. The van der Waals surface area contributed by atoms with Gasteiger partial charge in [-0.3, -0.25) is 0 Å². The minimum Gasteiger partial charge on any atom is -0.392 e.